The normalized spacial score (nSPS) is 37.2. The molecule has 0 amide bonds. The van der Waals surface area contributed by atoms with E-state index < -0.39 is 5.60 Å². The van der Waals surface area contributed by atoms with Gasteiger partial charge in [0.2, 0.25) is 0 Å². The molecule has 0 N–H and O–H groups in total. The van der Waals surface area contributed by atoms with E-state index in [1.165, 1.54) is 7.11 Å². The number of carbonyl (C=O) groups excluding carboxylic acids is 1. The van der Waals surface area contributed by atoms with E-state index in [4.69, 9.17) is 9.47 Å². The van der Waals surface area contributed by atoms with E-state index in [1.807, 2.05) is 0 Å². The fourth-order valence-electron chi connectivity index (χ4n) is 1.03. The lowest BCUT2D eigenvalue weighted by Gasteiger charge is -2.17. The van der Waals surface area contributed by atoms with Gasteiger partial charge in [-0.15, -0.1) is 0 Å². The maximum Gasteiger partial charge on any atom is 0.340 e. The van der Waals surface area contributed by atoms with Gasteiger partial charge in [-0.1, -0.05) is 0 Å². The summed E-state index contributed by atoms with van der Waals surface area (Å²) < 4.78 is 14.8. The summed E-state index contributed by atoms with van der Waals surface area (Å²) >= 11 is 0. The lowest BCUT2D eigenvalue weighted by atomic mass is 10.1. The van der Waals surface area contributed by atoms with E-state index in [1.54, 1.807) is 13.8 Å². The van der Waals surface area contributed by atoms with Gasteiger partial charge < -0.3 is 14.2 Å². The molecule has 1 heterocycles. The molecule has 0 aliphatic carbocycles. The van der Waals surface area contributed by atoms with E-state index in [0.29, 0.717) is 0 Å². The van der Waals surface area contributed by atoms with Crippen LogP contribution >= 0.6 is 0 Å². The van der Waals surface area contributed by atoms with Gasteiger partial charge in [0.15, 0.2) is 11.9 Å². The summed E-state index contributed by atoms with van der Waals surface area (Å²) in [6, 6.07) is 0. The zero-order valence-corrected chi connectivity index (χ0v) is 6.92. The first-order valence-corrected chi connectivity index (χ1v) is 3.46. The van der Waals surface area contributed by atoms with E-state index in [9.17, 15) is 4.79 Å². The highest BCUT2D eigenvalue weighted by Gasteiger charge is 2.43. The Morgan fingerprint density at radius 2 is 2.36 bits per heavy atom. The monoisotopic (exact) mass is 160 g/mol. The highest BCUT2D eigenvalue weighted by molar-refractivity contribution is 5.79. The van der Waals surface area contributed by atoms with Crippen LogP contribution in [0.1, 0.15) is 13.8 Å². The largest absolute Gasteiger partial charge is 0.467 e. The number of carbonyl (C=O) groups is 1. The Labute approximate surface area is 65.4 Å². The van der Waals surface area contributed by atoms with Gasteiger partial charge in [-0.05, 0) is 13.8 Å². The van der Waals surface area contributed by atoms with E-state index in [-0.39, 0.29) is 18.9 Å². The van der Waals surface area contributed by atoms with Crippen LogP contribution in [0, 0.1) is 0 Å². The zero-order chi connectivity index (χ0) is 8.48. The molecule has 1 aliphatic heterocycles. The molecule has 0 bridgehead atoms. The Morgan fingerprint density at radius 3 is 2.73 bits per heavy atom. The third-order valence-electron chi connectivity index (χ3n) is 1.64. The van der Waals surface area contributed by atoms with E-state index >= 15 is 0 Å². The highest BCUT2D eigenvalue weighted by atomic mass is 16.7. The standard InChI is InChI=1S/C7H12O4/c1-5-10-4-7(2,11-5)6(8)9-3/h5H,4H2,1-3H3. The van der Waals surface area contributed by atoms with Crippen LogP contribution in [-0.4, -0.2) is 31.6 Å². The molecule has 4 heteroatoms. The third-order valence-corrected chi connectivity index (χ3v) is 1.64. The predicted molar refractivity (Wildman–Crippen MR) is 36.9 cm³/mol. The maximum atomic E-state index is 11.1. The molecular weight excluding hydrogens is 148 g/mol. The van der Waals surface area contributed by atoms with Gasteiger partial charge >= 0.3 is 5.97 Å². The van der Waals surface area contributed by atoms with Gasteiger partial charge in [0.05, 0.1) is 13.7 Å². The van der Waals surface area contributed by atoms with Crippen LogP contribution in [0.5, 0.6) is 0 Å². The topological polar surface area (TPSA) is 44.8 Å². The van der Waals surface area contributed by atoms with Gasteiger partial charge in [0, 0.05) is 0 Å². The van der Waals surface area contributed by atoms with Crippen molar-refractivity contribution in [3.63, 3.8) is 0 Å². The molecule has 0 aromatic rings. The van der Waals surface area contributed by atoms with Crippen molar-refractivity contribution < 1.29 is 19.0 Å². The SMILES string of the molecule is COC(=O)C1(C)COC(C)O1. The van der Waals surface area contributed by atoms with Crippen molar-refractivity contribution in [1.82, 2.24) is 0 Å². The predicted octanol–water partition coefficient (Wildman–Crippen LogP) is 0.311. The number of methoxy groups -OCH3 is 1. The minimum Gasteiger partial charge on any atom is -0.467 e. The van der Waals surface area contributed by atoms with Crippen LogP contribution in [0.3, 0.4) is 0 Å². The molecule has 11 heavy (non-hydrogen) atoms. The summed E-state index contributed by atoms with van der Waals surface area (Å²) in [7, 11) is 1.33. The van der Waals surface area contributed by atoms with Crippen molar-refractivity contribution in [3.8, 4) is 0 Å². The van der Waals surface area contributed by atoms with Crippen LogP contribution in [-0.2, 0) is 19.0 Å². The molecule has 0 saturated carbocycles. The van der Waals surface area contributed by atoms with Gasteiger partial charge in [-0.25, -0.2) is 4.79 Å². The summed E-state index contributed by atoms with van der Waals surface area (Å²) in [6.45, 7) is 3.66. The minimum absolute atomic E-state index is 0.265. The van der Waals surface area contributed by atoms with Crippen LogP contribution in [0.25, 0.3) is 0 Å². The van der Waals surface area contributed by atoms with Crippen LogP contribution in [0.2, 0.25) is 0 Å². The Morgan fingerprint density at radius 1 is 1.73 bits per heavy atom. The van der Waals surface area contributed by atoms with Crippen molar-refractivity contribution in [2.45, 2.75) is 25.7 Å². The van der Waals surface area contributed by atoms with Crippen molar-refractivity contribution in [2.24, 2.45) is 0 Å². The van der Waals surface area contributed by atoms with Crippen molar-refractivity contribution in [1.29, 1.82) is 0 Å². The van der Waals surface area contributed by atoms with Crippen LogP contribution in [0.4, 0.5) is 0 Å². The summed E-state index contributed by atoms with van der Waals surface area (Å²) in [6.07, 6.45) is -0.320. The minimum atomic E-state index is -0.909. The fourth-order valence-corrected chi connectivity index (χ4v) is 1.03. The lowest BCUT2D eigenvalue weighted by Crippen LogP contribution is -2.39. The third kappa shape index (κ3) is 1.52. The zero-order valence-electron chi connectivity index (χ0n) is 6.92. The Hall–Kier alpha value is -0.610. The first kappa shape index (κ1) is 8.49. The summed E-state index contributed by atoms with van der Waals surface area (Å²) in [4.78, 5) is 11.1. The first-order chi connectivity index (χ1) is 5.08. The van der Waals surface area contributed by atoms with Gasteiger partial charge in [-0.3, -0.25) is 0 Å². The summed E-state index contributed by atoms with van der Waals surface area (Å²) in [5.74, 6) is -0.387. The molecule has 0 aromatic carbocycles. The van der Waals surface area contributed by atoms with Crippen LogP contribution in [0.15, 0.2) is 0 Å². The van der Waals surface area contributed by atoms with Crippen molar-refractivity contribution in [3.05, 3.63) is 0 Å². The molecule has 1 aliphatic rings. The fraction of sp³-hybridized carbons (Fsp3) is 0.857. The highest BCUT2D eigenvalue weighted by Crippen LogP contribution is 2.23. The van der Waals surface area contributed by atoms with E-state index in [0.717, 1.165) is 0 Å². The maximum absolute atomic E-state index is 11.1. The second-order valence-electron chi connectivity index (χ2n) is 2.72. The number of ether oxygens (including phenoxy) is 3. The number of esters is 1. The summed E-state index contributed by atoms with van der Waals surface area (Å²) in [5.41, 5.74) is -0.909. The number of hydrogen-bond donors (Lipinski definition) is 0. The second-order valence-corrected chi connectivity index (χ2v) is 2.72. The van der Waals surface area contributed by atoms with Crippen LogP contribution < -0.4 is 0 Å². The molecule has 1 saturated heterocycles. The molecule has 0 spiro atoms. The molecule has 2 unspecified atom stereocenters. The molecule has 2 atom stereocenters. The average molecular weight is 160 g/mol. The molecule has 1 rings (SSSR count). The average Bonchev–Trinajstić information content (AvgIpc) is 2.31. The number of rotatable bonds is 1. The second kappa shape index (κ2) is 2.79. The van der Waals surface area contributed by atoms with Gasteiger partial charge in [0.25, 0.3) is 0 Å². The smallest absolute Gasteiger partial charge is 0.340 e. The van der Waals surface area contributed by atoms with Gasteiger partial charge in [0.1, 0.15) is 0 Å². The Kier molecular flexibility index (Phi) is 2.15. The Bertz CT molecular complexity index is 168. The lowest BCUT2D eigenvalue weighted by molar-refractivity contribution is -0.165. The summed E-state index contributed by atoms with van der Waals surface area (Å²) in [5, 5.41) is 0. The quantitative estimate of drug-likeness (QED) is 0.518. The van der Waals surface area contributed by atoms with Gasteiger partial charge in [-0.2, -0.15) is 0 Å². The first-order valence-electron chi connectivity index (χ1n) is 3.46. The van der Waals surface area contributed by atoms with Crippen molar-refractivity contribution >= 4 is 5.97 Å². The number of hydrogen-bond acceptors (Lipinski definition) is 4. The molecular formula is C7H12O4. The molecule has 0 aromatic heterocycles. The Balaban J connectivity index is 2.61. The molecule has 1 fully saturated rings. The van der Waals surface area contributed by atoms with Crippen molar-refractivity contribution in [2.75, 3.05) is 13.7 Å². The molecule has 64 valence electrons. The van der Waals surface area contributed by atoms with E-state index in [2.05, 4.69) is 4.74 Å². The molecule has 0 radical (unpaired) electrons. The molecule has 4 nitrogen and oxygen atoms in total.